The quantitative estimate of drug-likeness (QED) is 0.766. The standard InChI is InChI=1S/C13H19N3O/c1-2-3-4-5-9-6-7-10-11(8-9)15-16-12(10)13(14)17/h6-7,9H,2-5,8H2,1H3,(H2,14,17)(H,15,16). The molecule has 3 N–H and O–H groups in total. The van der Waals surface area contributed by atoms with E-state index in [1.165, 1.54) is 25.7 Å². The number of hydrogen-bond acceptors (Lipinski definition) is 2. The van der Waals surface area contributed by atoms with E-state index < -0.39 is 5.91 Å². The summed E-state index contributed by atoms with van der Waals surface area (Å²) in [5, 5.41) is 6.90. The number of aromatic nitrogens is 2. The van der Waals surface area contributed by atoms with Crippen LogP contribution in [0.2, 0.25) is 0 Å². The zero-order valence-electron chi connectivity index (χ0n) is 10.2. The Morgan fingerprint density at radius 1 is 1.59 bits per heavy atom. The summed E-state index contributed by atoms with van der Waals surface area (Å²) in [4.78, 5) is 11.1. The number of primary amides is 1. The number of nitrogens with one attached hydrogen (secondary N) is 1. The molecule has 1 unspecified atom stereocenters. The van der Waals surface area contributed by atoms with Crippen molar-refractivity contribution in [3.63, 3.8) is 0 Å². The van der Waals surface area contributed by atoms with E-state index in [1.54, 1.807) is 0 Å². The van der Waals surface area contributed by atoms with E-state index >= 15 is 0 Å². The molecule has 0 saturated heterocycles. The molecule has 0 aliphatic heterocycles. The fourth-order valence-electron chi connectivity index (χ4n) is 2.33. The third kappa shape index (κ3) is 2.57. The molecule has 0 saturated carbocycles. The number of nitrogens with zero attached hydrogens (tertiary/aromatic N) is 1. The molecule has 0 radical (unpaired) electrons. The number of carbonyl (C=O) groups excluding carboxylic acids is 1. The summed E-state index contributed by atoms with van der Waals surface area (Å²) in [6.45, 7) is 2.21. The molecule has 1 aromatic heterocycles. The minimum atomic E-state index is -0.461. The van der Waals surface area contributed by atoms with Gasteiger partial charge in [0, 0.05) is 11.3 Å². The minimum absolute atomic E-state index is 0.364. The number of hydrogen-bond donors (Lipinski definition) is 2. The SMILES string of the molecule is CCCCCC1C=Cc2c(C(N)=O)n[nH]c2C1. The number of allylic oxidation sites excluding steroid dienone is 1. The van der Waals surface area contributed by atoms with Crippen LogP contribution in [-0.2, 0) is 6.42 Å². The fourth-order valence-corrected chi connectivity index (χ4v) is 2.33. The molecule has 17 heavy (non-hydrogen) atoms. The first-order chi connectivity index (χ1) is 8.22. The minimum Gasteiger partial charge on any atom is -0.364 e. The monoisotopic (exact) mass is 233 g/mol. The maximum absolute atomic E-state index is 11.1. The number of aromatic amines is 1. The molecule has 0 fully saturated rings. The van der Waals surface area contributed by atoms with Crippen molar-refractivity contribution in [2.75, 3.05) is 0 Å². The summed E-state index contributed by atoms with van der Waals surface area (Å²) in [6.07, 6.45) is 10.1. The molecule has 1 aliphatic carbocycles. The Bertz CT molecular complexity index is 434. The molecule has 1 atom stereocenters. The third-order valence-corrected chi connectivity index (χ3v) is 3.30. The van der Waals surface area contributed by atoms with Crippen LogP contribution in [0.25, 0.3) is 6.08 Å². The van der Waals surface area contributed by atoms with Crippen molar-refractivity contribution in [3.05, 3.63) is 23.0 Å². The number of unbranched alkanes of at least 4 members (excludes halogenated alkanes) is 2. The second kappa shape index (κ2) is 5.17. The van der Waals surface area contributed by atoms with E-state index in [0.29, 0.717) is 11.6 Å². The average molecular weight is 233 g/mol. The molecule has 92 valence electrons. The van der Waals surface area contributed by atoms with E-state index in [1.807, 2.05) is 6.08 Å². The van der Waals surface area contributed by atoms with Gasteiger partial charge in [-0.15, -0.1) is 0 Å². The van der Waals surface area contributed by atoms with Crippen molar-refractivity contribution in [3.8, 4) is 0 Å². The number of carbonyl (C=O) groups is 1. The Kier molecular flexibility index (Phi) is 3.61. The second-order valence-electron chi connectivity index (χ2n) is 4.65. The van der Waals surface area contributed by atoms with Crippen molar-refractivity contribution < 1.29 is 4.79 Å². The highest BCUT2D eigenvalue weighted by Crippen LogP contribution is 2.26. The zero-order chi connectivity index (χ0) is 12.3. The highest BCUT2D eigenvalue weighted by Gasteiger charge is 2.21. The van der Waals surface area contributed by atoms with E-state index in [9.17, 15) is 4.79 Å². The van der Waals surface area contributed by atoms with Gasteiger partial charge in [0.15, 0.2) is 5.69 Å². The lowest BCUT2D eigenvalue weighted by molar-refractivity contribution is 0.0995. The second-order valence-corrected chi connectivity index (χ2v) is 4.65. The Morgan fingerprint density at radius 2 is 2.41 bits per heavy atom. The van der Waals surface area contributed by atoms with E-state index in [-0.39, 0.29) is 0 Å². The zero-order valence-corrected chi connectivity index (χ0v) is 10.2. The van der Waals surface area contributed by atoms with Gasteiger partial charge in [-0.25, -0.2) is 0 Å². The molecule has 1 aromatic rings. The van der Waals surface area contributed by atoms with Crippen molar-refractivity contribution in [2.24, 2.45) is 11.7 Å². The summed E-state index contributed by atoms with van der Waals surface area (Å²) in [6, 6.07) is 0. The van der Waals surface area contributed by atoms with E-state index in [2.05, 4.69) is 23.2 Å². The van der Waals surface area contributed by atoms with Crippen LogP contribution in [0.3, 0.4) is 0 Å². The molecule has 0 aromatic carbocycles. The van der Waals surface area contributed by atoms with Gasteiger partial charge in [-0.2, -0.15) is 5.10 Å². The maximum atomic E-state index is 11.1. The van der Waals surface area contributed by atoms with Gasteiger partial charge in [-0.1, -0.05) is 38.3 Å². The molecule has 1 aliphatic rings. The molecular weight excluding hydrogens is 214 g/mol. The maximum Gasteiger partial charge on any atom is 0.269 e. The van der Waals surface area contributed by atoms with Gasteiger partial charge < -0.3 is 5.73 Å². The van der Waals surface area contributed by atoms with Crippen LogP contribution in [0, 0.1) is 5.92 Å². The molecule has 4 nitrogen and oxygen atoms in total. The normalized spacial score (nSPS) is 18.1. The van der Waals surface area contributed by atoms with E-state index in [4.69, 9.17) is 5.73 Å². The molecule has 0 spiro atoms. The molecular formula is C13H19N3O. The molecule has 2 rings (SSSR count). The van der Waals surface area contributed by atoms with E-state index in [0.717, 1.165) is 17.7 Å². The van der Waals surface area contributed by atoms with Gasteiger partial charge >= 0.3 is 0 Å². The van der Waals surface area contributed by atoms with Crippen LogP contribution >= 0.6 is 0 Å². The van der Waals surface area contributed by atoms with Crippen molar-refractivity contribution in [1.82, 2.24) is 10.2 Å². The first-order valence-electron chi connectivity index (χ1n) is 6.27. The Labute approximate surface area is 101 Å². The first kappa shape index (κ1) is 11.9. The number of amides is 1. The van der Waals surface area contributed by atoms with Crippen LogP contribution in [0.5, 0.6) is 0 Å². The highest BCUT2D eigenvalue weighted by molar-refractivity contribution is 5.95. The molecule has 0 bridgehead atoms. The average Bonchev–Trinajstić information content (AvgIpc) is 2.72. The predicted molar refractivity (Wildman–Crippen MR) is 67.5 cm³/mol. The number of rotatable bonds is 5. The van der Waals surface area contributed by atoms with Crippen LogP contribution in [0.15, 0.2) is 6.08 Å². The Balaban J connectivity index is 2.03. The Hall–Kier alpha value is -1.58. The molecule has 1 amide bonds. The topological polar surface area (TPSA) is 71.8 Å². The first-order valence-corrected chi connectivity index (χ1v) is 6.27. The van der Waals surface area contributed by atoms with Gasteiger partial charge in [0.1, 0.15) is 0 Å². The summed E-state index contributed by atoms with van der Waals surface area (Å²) < 4.78 is 0. The van der Waals surface area contributed by atoms with Gasteiger partial charge in [0.25, 0.3) is 5.91 Å². The molecule has 4 heteroatoms. The van der Waals surface area contributed by atoms with Crippen LogP contribution < -0.4 is 5.73 Å². The number of H-pyrrole nitrogens is 1. The lowest BCUT2D eigenvalue weighted by atomic mass is 9.89. The van der Waals surface area contributed by atoms with Crippen molar-refractivity contribution in [2.45, 2.75) is 39.0 Å². The Morgan fingerprint density at radius 3 is 3.12 bits per heavy atom. The third-order valence-electron chi connectivity index (χ3n) is 3.30. The smallest absolute Gasteiger partial charge is 0.269 e. The highest BCUT2D eigenvalue weighted by atomic mass is 16.1. The van der Waals surface area contributed by atoms with Crippen LogP contribution in [0.1, 0.15) is 54.4 Å². The van der Waals surface area contributed by atoms with Crippen molar-refractivity contribution in [1.29, 1.82) is 0 Å². The lowest BCUT2D eigenvalue weighted by Gasteiger charge is -2.16. The van der Waals surface area contributed by atoms with Crippen molar-refractivity contribution >= 4 is 12.0 Å². The van der Waals surface area contributed by atoms with Gasteiger partial charge in [-0.05, 0) is 18.8 Å². The number of nitrogens with two attached hydrogens (primary N) is 1. The number of fused-ring (bicyclic) bond motifs is 1. The van der Waals surface area contributed by atoms with Gasteiger partial charge in [0.2, 0.25) is 0 Å². The largest absolute Gasteiger partial charge is 0.364 e. The van der Waals surface area contributed by atoms with Gasteiger partial charge in [0.05, 0.1) is 0 Å². The van der Waals surface area contributed by atoms with Crippen LogP contribution in [-0.4, -0.2) is 16.1 Å². The summed E-state index contributed by atoms with van der Waals surface area (Å²) >= 11 is 0. The fraction of sp³-hybridized carbons (Fsp3) is 0.538. The summed E-state index contributed by atoms with van der Waals surface area (Å²) in [5.41, 5.74) is 7.55. The van der Waals surface area contributed by atoms with Gasteiger partial charge in [-0.3, -0.25) is 9.89 Å². The lowest BCUT2D eigenvalue weighted by Crippen LogP contribution is -2.14. The van der Waals surface area contributed by atoms with Crippen LogP contribution in [0.4, 0.5) is 0 Å². The summed E-state index contributed by atoms with van der Waals surface area (Å²) in [5.74, 6) is 0.104. The summed E-state index contributed by atoms with van der Waals surface area (Å²) in [7, 11) is 0. The predicted octanol–water partition coefficient (Wildman–Crippen LogP) is 2.27. The molecule has 1 heterocycles.